The lowest BCUT2D eigenvalue weighted by Crippen LogP contribution is -2.20. The van der Waals surface area contributed by atoms with Crippen LogP contribution < -0.4 is 0 Å². The average Bonchev–Trinajstić information content (AvgIpc) is 2.44. The molecule has 0 bridgehead atoms. The molecule has 0 amide bonds. The van der Waals surface area contributed by atoms with Crippen molar-refractivity contribution in [3.63, 3.8) is 0 Å². The molecule has 2 aromatic rings. The smallest absolute Gasteiger partial charge is 0.307 e. The van der Waals surface area contributed by atoms with E-state index in [1.165, 1.54) is 12.1 Å². The zero-order valence-electron chi connectivity index (χ0n) is 11.0. The van der Waals surface area contributed by atoms with Crippen molar-refractivity contribution in [2.24, 2.45) is 5.92 Å². The second kappa shape index (κ2) is 6.80. The van der Waals surface area contributed by atoms with Crippen LogP contribution in [0.2, 0.25) is 0 Å². The van der Waals surface area contributed by atoms with Gasteiger partial charge in [0.25, 0.3) is 0 Å². The molecular weight excluding hydrogens is 342 g/mol. The number of hydrogen-bond acceptors (Lipinski definition) is 1. The molecule has 0 spiro atoms. The normalized spacial score (nSPS) is 12.1. The molecule has 0 aliphatic heterocycles. The summed E-state index contributed by atoms with van der Waals surface area (Å²) in [6.07, 6.45) is 0.0307. The van der Waals surface area contributed by atoms with E-state index in [-0.39, 0.29) is 12.8 Å². The number of carbonyl (C=O) groups is 1. The van der Waals surface area contributed by atoms with Crippen LogP contribution in [0.15, 0.2) is 46.9 Å². The van der Waals surface area contributed by atoms with Crippen molar-refractivity contribution in [1.29, 1.82) is 0 Å². The van der Waals surface area contributed by atoms with Gasteiger partial charge in [0.05, 0.1) is 5.92 Å². The largest absolute Gasteiger partial charge is 0.481 e. The second-order valence-corrected chi connectivity index (χ2v) is 5.69. The molecule has 0 fully saturated rings. The first-order valence-electron chi connectivity index (χ1n) is 6.37. The third kappa shape index (κ3) is 4.11. The molecule has 0 radical (unpaired) electrons. The molecule has 0 saturated heterocycles. The SMILES string of the molecule is O=C(O)C(Cc1ccccc1F)Cc1cc(Br)ccc1F. The van der Waals surface area contributed by atoms with Gasteiger partial charge in [0.2, 0.25) is 0 Å². The lowest BCUT2D eigenvalue weighted by Gasteiger charge is -2.14. The quantitative estimate of drug-likeness (QED) is 0.872. The van der Waals surface area contributed by atoms with Crippen LogP contribution in [0, 0.1) is 17.6 Å². The molecule has 0 saturated carbocycles. The number of carboxylic acids is 1. The van der Waals surface area contributed by atoms with Crippen molar-refractivity contribution in [3.05, 3.63) is 69.7 Å². The van der Waals surface area contributed by atoms with E-state index in [1.807, 2.05) is 0 Å². The highest BCUT2D eigenvalue weighted by molar-refractivity contribution is 9.10. The molecule has 5 heteroatoms. The number of carboxylic acid groups (broad SMARTS) is 1. The molecule has 2 rings (SSSR count). The summed E-state index contributed by atoms with van der Waals surface area (Å²) in [4.78, 5) is 11.4. The summed E-state index contributed by atoms with van der Waals surface area (Å²) < 4.78 is 28.0. The molecule has 1 N–H and O–H groups in total. The number of hydrogen-bond donors (Lipinski definition) is 1. The maximum Gasteiger partial charge on any atom is 0.307 e. The highest BCUT2D eigenvalue weighted by atomic mass is 79.9. The molecule has 21 heavy (non-hydrogen) atoms. The zero-order chi connectivity index (χ0) is 15.4. The van der Waals surface area contributed by atoms with Gasteiger partial charge in [-0.05, 0) is 48.2 Å². The molecule has 0 aromatic heterocycles. The van der Waals surface area contributed by atoms with E-state index in [1.54, 1.807) is 30.3 Å². The van der Waals surface area contributed by atoms with Gasteiger partial charge in [0.15, 0.2) is 0 Å². The molecule has 0 heterocycles. The van der Waals surface area contributed by atoms with Gasteiger partial charge in [0, 0.05) is 4.47 Å². The Morgan fingerprint density at radius 1 is 1.05 bits per heavy atom. The summed E-state index contributed by atoms with van der Waals surface area (Å²) >= 11 is 3.23. The minimum absolute atomic E-state index is 0.00887. The Morgan fingerprint density at radius 3 is 2.33 bits per heavy atom. The standard InChI is InChI=1S/C16H13BrF2O2/c17-13-5-6-15(19)11(9-13)8-12(16(20)21)7-10-3-1-2-4-14(10)18/h1-6,9,12H,7-8H2,(H,20,21). The summed E-state index contributed by atoms with van der Waals surface area (Å²) in [5.41, 5.74) is 0.619. The molecule has 0 aliphatic rings. The fourth-order valence-electron chi connectivity index (χ4n) is 2.14. The highest BCUT2D eigenvalue weighted by Crippen LogP contribution is 2.22. The minimum Gasteiger partial charge on any atom is -0.481 e. The maximum absolute atomic E-state index is 13.7. The van der Waals surface area contributed by atoms with Crippen molar-refractivity contribution < 1.29 is 18.7 Å². The molecule has 1 atom stereocenters. The van der Waals surface area contributed by atoms with Gasteiger partial charge in [-0.1, -0.05) is 34.1 Å². The van der Waals surface area contributed by atoms with Gasteiger partial charge in [-0.3, -0.25) is 4.79 Å². The summed E-state index contributed by atoms with van der Waals surface area (Å²) in [7, 11) is 0. The molecular formula is C16H13BrF2O2. The van der Waals surface area contributed by atoms with E-state index in [9.17, 15) is 18.7 Å². The van der Waals surface area contributed by atoms with Crippen LogP contribution in [-0.2, 0) is 17.6 Å². The summed E-state index contributed by atoms with van der Waals surface area (Å²) in [5.74, 6) is -2.86. The Hall–Kier alpha value is -1.75. The summed E-state index contributed by atoms with van der Waals surface area (Å²) in [6.45, 7) is 0. The van der Waals surface area contributed by atoms with Crippen LogP contribution in [0.3, 0.4) is 0 Å². The van der Waals surface area contributed by atoms with E-state index in [2.05, 4.69) is 15.9 Å². The molecule has 1 unspecified atom stereocenters. The fourth-order valence-corrected chi connectivity index (χ4v) is 2.55. The van der Waals surface area contributed by atoms with Crippen molar-refractivity contribution in [3.8, 4) is 0 Å². The van der Waals surface area contributed by atoms with Crippen LogP contribution in [0.1, 0.15) is 11.1 Å². The first-order valence-corrected chi connectivity index (χ1v) is 7.17. The Bertz CT molecular complexity index is 658. The van der Waals surface area contributed by atoms with Gasteiger partial charge < -0.3 is 5.11 Å². The topological polar surface area (TPSA) is 37.3 Å². The van der Waals surface area contributed by atoms with Gasteiger partial charge in [-0.15, -0.1) is 0 Å². The van der Waals surface area contributed by atoms with Crippen LogP contribution in [-0.4, -0.2) is 11.1 Å². The Morgan fingerprint density at radius 2 is 1.67 bits per heavy atom. The Balaban J connectivity index is 2.22. The van der Waals surface area contributed by atoms with Gasteiger partial charge >= 0.3 is 5.97 Å². The zero-order valence-corrected chi connectivity index (χ0v) is 12.6. The average molecular weight is 355 g/mol. The number of benzene rings is 2. The fraction of sp³-hybridized carbons (Fsp3) is 0.188. The predicted molar refractivity (Wildman–Crippen MR) is 79.0 cm³/mol. The van der Waals surface area contributed by atoms with Crippen LogP contribution >= 0.6 is 15.9 Å². The third-order valence-corrected chi connectivity index (χ3v) is 3.74. The minimum atomic E-state index is -1.07. The van der Waals surface area contributed by atoms with Crippen molar-refractivity contribution in [2.75, 3.05) is 0 Å². The van der Waals surface area contributed by atoms with Gasteiger partial charge in [0.1, 0.15) is 11.6 Å². The number of rotatable bonds is 5. The van der Waals surface area contributed by atoms with Gasteiger partial charge in [-0.25, -0.2) is 8.78 Å². The lowest BCUT2D eigenvalue weighted by atomic mass is 9.92. The van der Waals surface area contributed by atoms with Crippen molar-refractivity contribution in [2.45, 2.75) is 12.8 Å². The van der Waals surface area contributed by atoms with Crippen LogP contribution in [0.5, 0.6) is 0 Å². The summed E-state index contributed by atoms with van der Waals surface area (Å²) in [6, 6.07) is 10.4. The first kappa shape index (κ1) is 15.6. The maximum atomic E-state index is 13.7. The van der Waals surface area contributed by atoms with E-state index < -0.39 is 23.5 Å². The molecule has 110 valence electrons. The predicted octanol–water partition coefficient (Wildman–Crippen LogP) is 4.21. The van der Waals surface area contributed by atoms with Crippen LogP contribution in [0.25, 0.3) is 0 Å². The van der Waals surface area contributed by atoms with Gasteiger partial charge in [-0.2, -0.15) is 0 Å². The monoisotopic (exact) mass is 354 g/mol. The Kier molecular flexibility index (Phi) is 5.07. The summed E-state index contributed by atoms with van der Waals surface area (Å²) in [5, 5.41) is 9.29. The van der Waals surface area contributed by atoms with E-state index >= 15 is 0 Å². The molecule has 2 nitrogen and oxygen atoms in total. The first-order chi connectivity index (χ1) is 9.97. The van der Waals surface area contributed by atoms with Crippen LogP contribution in [0.4, 0.5) is 8.78 Å². The number of halogens is 3. The van der Waals surface area contributed by atoms with E-state index in [4.69, 9.17) is 0 Å². The van der Waals surface area contributed by atoms with Crippen molar-refractivity contribution in [1.82, 2.24) is 0 Å². The van der Waals surface area contributed by atoms with Crippen molar-refractivity contribution >= 4 is 21.9 Å². The van der Waals surface area contributed by atoms with E-state index in [0.29, 0.717) is 15.6 Å². The third-order valence-electron chi connectivity index (χ3n) is 3.25. The molecule has 0 aliphatic carbocycles. The highest BCUT2D eigenvalue weighted by Gasteiger charge is 2.21. The van der Waals surface area contributed by atoms with E-state index in [0.717, 1.165) is 0 Å². The number of aliphatic carboxylic acids is 1. The molecule has 2 aromatic carbocycles. The Labute approximate surface area is 129 Å². The second-order valence-electron chi connectivity index (χ2n) is 4.77. The lowest BCUT2D eigenvalue weighted by molar-refractivity contribution is -0.141.